The number of primary sulfonamides is 1. The molecule has 1 saturated heterocycles. The number of hydrogen-bond donors (Lipinski definition) is 1. The SMILES string of the molecule is NS(=O)(=O)c1ccc2c(c1)Cc1cccc(-c3cc(=O)cc(N4CCOCC4)o3)c1S2. The predicted molar refractivity (Wildman–Crippen MR) is 118 cm³/mol. The summed E-state index contributed by atoms with van der Waals surface area (Å²) >= 11 is 1.54. The van der Waals surface area contributed by atoms with E-state index >= 15 is 0 Å². The molecule has 0 unspecified atom stereocenters. The molecule has 0 amide bonds. The zero-order valence-corrected chi connectivity index (χ0v) is 18.2. The predicted octanol–water partition coefficient (Wildman–Crippen LogP) is 2.85. The van der Waals surface area contributed by atoms with Crippen molar-refractivity contribution < 1.29 is 17.6 Å². The average molecular weight is 457 g/mol. The molecule has 0 spiro atoms. The number of nitrogens with two attached hydrogens (primary N) is 1. The minimum atomic E-state index is -3.76. The van der Waals surface area contributed by atoms with Crippen molar-refractivity contribution in [3.63, 3.8) is 0 Å². The van der Waals surface area contributed by atoms with Gasteiger partial charge < -0.3 is 14.1 Å². The third-order valence-electron chi connectivity index (χ3n) is 5.39. The first-order chi connectivity index (χ1) is 14.9. The Kier molecular flexibility index (Phi) is 5.13. The van der Waals surface area contributed by atoms with Crippen molar-refractivity contribution in [1.29, 1.82) is 0 Å². The Morgan fingerprint density at radius 1 is 1.00 bits per heavy atom. The minimum Gasteiger partial charge on any atom is -0.440 e. The Hall–Kier alpha value is -2.59. The topological polar surface area (TPSA) is 103 Å². The molecule has 0 radical (unpaired) electrons. The van der Waals surface area contributed by atoms with Crippen LogP contribution in [-0.2, 0) is 21.2 Å². The first kappa shape index (κ1) is 20.3. The molecule has 7 nitrogen and oxygen atoms in total. The lowest BCUT2D eigenvalue weighted by Crippen LogP contribution is -2.36. The molecule has 160 valence electrons. The van der Waals surface area contributed by atoms with Gasteiger partial charge >= 0.3 is 0 Å². The Labute approximate surface area is 183 Å². The van der Waals surface area contributed by atoms with Crippen LogP contribution in [0.25, 0.3) is 11.3 Å². The first-order valence-electron chi connectivity index (χ1n) is 9.82. The highest BCUT2D eigenvalue weighted by Gasteiger charge is 2.23. The molecule has 2 aliphatic rings. The van der Waals surface area contributed by atoms with E-state index in [9.17, 15) is 13.2 Å². The van der Waals surface area contributed by atoms with Gasteiger partial charge in [-0.2, -0.15) is 0 Å². The van der Waals surface area contributed by atoms with E-state index in [1.165, 1.54) is 30.0 Å². The van der Waals surface area contributed by atoms with Gasteiger partial charge in [0.05, 0.1) is 18.1 Å². The summed E-state index contributed by atoms with van der Waals surface area (Å²) in [4.78, 5) is 16.5. The van der Waals surface area contributed by atoms with Gasteiger partial charge in [0.15, 0.2) is 11.3 Å². The zero-order chi connectivity index (χ0) is 21.6. The van der Waals surface area contributed by atoms with Crippen LogP contribution in [0, 0.1) is 0 Å². The highest BCUT2D eigenvalue weighted by atomic mass is 32.2. The first-order valence-corrected chi connectivity index (χ1v) is 12.2. The Balaban J connectivity index is 1.55. The smallest absolute Gasteiger partial charge is 0.238 e. The van der Waals surface area contributed by atoms with Crippen LogP contribution >= 0.6 is 11.8 Å². The number of ether oxygens (including phenoxy) is 1. The molecule has 2 N–H and O–H groups in total. The average Bonchev–Trinajstić information content (AvgIpc) is 2.76. The number of rotatable bonds is 3. The molecule has 0 bridgehead atoms. The van der Waals surface area contributed by atoms with E-state index in [0.717, 1.165) is 26.5 Å². The van der Waals surface area contributed by atoms with Gasteiger partial charge in [0.25, 0.3) is 0 Å². The normalized spacial score (nSPS) is 16.0. The molecule has 2 aliphatic heterocycles. The molecule has 0 aliphatic carbocycles. The van der Waals surface area contributed by atoms with Crippen molar-refractivity contribution in [2.45, 2.75) is 21.1 Å². The fourth-order valence-electron chi connectivity index (χ4n) is 3.86. The van der Waals surface area contributed by atoms with Crippen LogP contribution in [-0.4, -0.2) is 34.7 Å². The molecule has 31 heavy (non-hydrogen) atoms. The maximum absolute atomic E-state index is 12.4. The van der Waals surface area contributed by atoms with Gasteiger partial charge in [-0.25, -0.2) is 13.6 Å². The summed E-state index contributed by atoms with van der Waals surface area (Å²) in [6.45, 7) is 2.55. The number of nitrogens with zero attached hydrogens (tertiary/aromatic N) is 1. The summed E-state index contributed by atoms with van der Waals surface area (Å²) in [5.41, 5.74) is 2.68. The van der Waals surface area contributed by atoms with Crippen LogP contribution in [0.4, 0.5) is 5.88 Å². The van der Waals surface area contributed by atoms with Gasteiger partial charge in [0.1, 0.15) is 5.76 Å². The van der Waals surface area contributed by atoms with Crippen LogP contribution in [0.1, 0.15) is 11.1 Å². The van der Waals surface area contributed by atoms with E-state index in [0.29, 0.717) is 44.4 Å². The molecule has 2 aromatic carbocycles. The third-order valence-corrected chi connectivity index (χ3v) is 7.61. The van der Waals surface area contributed by atoms with Gasteiger partial charge in [0, 0.05) is 40.6 Å². The number of sulfonamides is 1. The van der Waals surface area contributed by atoms with Crippen molar-refractivity contribution in [3.05, 3.63) is 69.9 Å². The minimum absolute atomic E-state index is 0.107. The highest BCUT2D eigenvalue weighted by molar-refractivity contribution is 7.99. The Morgan fingerprint density at radius 2 is 1.81 bits per heavy atom. The lowest BCUT2D eigenvalue weighted by atomic mass is 10.0. The van der Waals surface area contributed by atoms with E-state index in [-0.39, 0.29) is 10.3 Å². The Morgan fingerprint density at radius 3 is 2.58 bits per heavy atom. The number of fused-ring (bicyclic) bond motifs is 2. The van der Waals surface area contributed by atoms with Crippen molar-refractivity contribution in [3.8, 4) is 11.3 Å². The van der Waals surface area contributed by atoms with Crippen LogP contribution in [0.5, 0.6) is 0 Å². The van der Waals surface area contributed by atoms with Crippen LogP contribution in [0.3, 0.4) is 0 Å². The number of morpholine rings is 1. The van der Waals surface area contributed by atoms with Gasteiger partial charge in [-0.15, -0.1) is 0 Å². The summed E-state index contributed by atoms with van der Waals surface area (Å²) < 4.78 is 35.0. The summed E-state index contributed by atoms with van der Waals surface area (Å²) in [7, 11) is -3.76. The molecular weight excluding hydrogens is 436 g/mol. The molecule has 9 heteroatoms. The molecule has 1 aromatic heterocycles. The maximum atomic E-state index is 12.4. The van der Waals surface area contributed by atoms with Gasteiger partial charge in [-0.05, 0) is 35.7 Å². The van der Waals surface area contributed by atoms with E-state index in [1.807, 2.05) is 23.1 Å². The summed E-state index contributed by atoms with van der Waals surface area (Å²) in [5.74, 6) is 1.06. The zero-order valence-electron chi connectivity index (χ0n) is 16.5. The fourth-order valence-corrected chi connectivity index (χ4v) is 5.59. The quantitative estimate of drug-likeness (QED) is 0.506. The molecular formula is C22H20N2O5S2. The third kappa shape index (κ3) is 4.01. The Bertz CT molecular complexity index is 1330. The molecule has 3 heterocycles. The molecule has 3 aromatic rings. The van der Waals surface area contributed by atoms with Crippen molar-refractivity contribution >= 4 is 27.7 Å². The summed E-state index contributed by atoms with van der Waals surface area (Å²) in [5, 5.41) is 5.29. The maximum Gasteiger partial charge on any atom is 0.238 e. The molecule has 0 atom stereocenters. The standard InChI is InChI=1S/C22H20N2O5S2/c23-31(26,27)17-4-5-20-15(11-17)10-14-2-1-3-18(22(14)30-20)19-12-16(25)13-21(29-19)24-6-8-28-9-7-24/h1-5,11-13H,6-10H2,(H2,23,26,27). The number of hydrogen-bond acceptors (Lipinski definition) is 7. The van der Waals surface area contributed by atoms with Crippen molar-refractivity contribution in [1.82, 2.24) is 0 Å². The van der Waals surface area contributed by atoms with Crippen LogP contribution in [0.15, 0.2) is 72.4 Å². The molecule has 5 rings (SSSR count). The van der Waals surface area contributed by atoms with E-state index in [4.69, 9.17) is 14.3 Å². The molecule has 1 fully saturated rings. The van der Waals surface area contributed by atoms with Gasteiger partial charge in [-0.3, -0.25) is 4.79 Å². The summed E-state index contributed by atoms with van der Waals surface area (Å²) in [6.07, 6.45) is 0.572. The van der Waals surface area contributed by atoms with Crippen molar-refractivity contribution in [2.24, 2.45) is 5.14 Å². The second-order valence-electron chi connectivity index (χ2n) is 7.48. The lowest BCUT2D eigenvalue weighted by Gasteiger charge is -2.27. The van der Waals surface area contributed by atoms with Crippen LogP contribution < -0.4 is 15.5 Å². The second kappa shape index (κ2) is 7.83. The number of anilines is 1. The largest absolute Gasteiger partial charge is 0.440 e. The monoisotopic (exact) mass is 456 g/mol. The van der Waals surface area contributed by atoms with E-state index in [2.05, 4.69) is 0 Å². The van der Waals surface area contributed by atoms with E-state index in [1.54, 1.807) is 12.1 Å². The molecule has 0 saturated carbocycles. The van der Waals surface area contributed by atoms with Crippen molar-refractivity contribution in [2.75, 3.05) is 31.2 Å². The van der Waals surface area contributed by atoms with Gasteiger partial charge in [-0.1, -0.05) is 30.0 Å². The fraction of sp³-hybridized carbons (Fsp3) is 0.227. The second-order valence-corrected chi connectivity index (χ2v) is 10.1. The van der Waals surface area contributed by atoms with E-state index < -0.39 is 10.0 Å². The summed E-state index contributed by atoms with van der Waals surface area (Å²) in [6, 6.07) is 13.8. The number of benzene rings is 2. The van der Waals surface area contributed by atoms with Gasteiger partial charge in [0.2, 0.25) is 10.0 Å². The van der Waals surface area contributed by atoms with Crippen LogP contribution in [0.2, 0.25) is 0 Å². The lowest BCUT2D eigenvalue weighted by molar-refractivity contribution is 0.120. The highest BCUT2D eigenvalue weighted by Crippen LogP contribution is 2.45.